The van der Waals surface area contributed by atoms with Crippen molar-refractivity contribution in [3.63, 3.8) is 0 Å². The molecule has 3 rings (SSSR count). The molecule has 0 aromatic heterocycles. The van der Waals surface area contributed by atoms with Crippen molar-refractivity contribution >= 4 is 17.5 Å². The van der Waals surface area contributed by atoms with Crippen molar-refractivity contribution in [2.45, 2.75) is 50.8 Å². The quantitative estimate of drug-likeness (QED) is 0.826. The molecule has 0 saturated carbocycles. The summed E-state index contributed by atoms with van der Waals surface area (Å²) >= 11 is 6.06. The lowest BCUT2D eigenvalue weighted by molar-refractivity contribution is -0.124. The van der Waals surface area contributed by atoms with Crippen molar-refractivity contribution in [1.82, 2.24) is 15.5 Å². The van der Waals surface area contributed by atoms with Crippen molar-refractivity contribution in [2.24, 2.45) is 0 Å². The first kappa shape index (κ1) is 19.6. The highest BCUT2D eigenvalue weighted by molar-refractivity contribution is 6.30. The molecule has 0 bridgehead atoms. The Morgan fingerprint density at radius 1 is 1.38 bits per heavy atom. The first-order valence-electron chi connectivity index (χ1n) is 9.59. The molecule has 0 spiro atoms. The smallest absolute Gasteiger partial charge is 0.237 e. The number of piperidine rings is 1. The van der Waals surface area contributed by atoms with Gasteiger partial charge in [0.15, 0.2) is 0 Å². The Balaban J connectivity index is 1.70. The molecule has 26 heavy (non-hydrogen) atoms. The molecule has 2 fully saturated rings. The van der Waals surface area contributed by atoms with Gasteiger partial charge in [0.2, 0.25) is 5.91 Å². The highest BCUT2D eigenvalue weighted by Crippen LogP contribution is 2.27. The molecule has 1 amide bonds. The van der Waals surface area contributed by atoms with Crippen LogP contribution < -0.4 is 10.6 Å². The van der Waals surface area contributed by atoms with Crippen LogP contribution in [-0.4, -0.2) is 55.2 Å². The van der Waals surface area contributed by atoms with Crippen LogP contribution in [0, 0.1) is 0 Å². The van der Waals surface area contributed by atoms with Crippen LogP contribution >= 0.6 is 11.6 Å². The van der Waals surface area contributed by atoms with Gasteiger partial charge in [-0.1, -0.05) is 30.2 Å². The first-order valence-corrected chi connectivity index (χ1v) is 9.97. The van der Waals surface area contributed by atoms with Gasteiger partial charge >= 0.3 is 0 Å². The third-order valence-electron chi connectivity index (χ3n) is 5.25. The molecule has 2 N–H and O–H groups in total. The normalized spacial score (nSPS) is 24.8. The van der Waals surface area contributed by atoms with Crippen LogP contribution in [0.2, 0.25) is 5.02 Å². The Hall–Kier alpha value is -1.14. The fourth-order valence-electron chi connectivity index (χ4n) is 3.86. The van der Waals surface area contributed by atoms with Crippen LogP contribution in [0.3, 0.4) is 0 Å². The SMILES string of the molecule is CC1(C)CN(C(CNC(=O)[C@H]2CCCCN2)c2ccc(Cl)cc2)CCO1. The summed E-state index contributed by atoms with van der Waals surface area (Å²) in [5.41, 5.74) is 0.988. The number of benzene rings is 1. The summed E-state index contributed by atoms with van der Waals surface area (Å²) in [6.45, 7) is 8.14. The van der Waals surface area contributed by atoms with Crippen LogP contribution in [0.5, 0.6) is 0 Å². The molecule has 1 aromatic rings. The van der Waals surface area contributed by atoms with Gasteiger partial charge in [0.1, 0.15) is 0 Å². The van der Waals surface area contributed by atoms with Crippen molar-refractivity contribution in [2.75, 3.05) is 32.8 Å². The molecule has 2 aliphatic heterocycles. The van der Waals surface area contributed by atoms with E-state index in [1.54, 1.807) is 0 Å². The zero-order valence-corrected chi connectivity index (χ0v) is 16.5. The molecule has 0 radical (unpaired) electrons. The highest BCUT2D eigenvalue weighted by Gasteiger charge is 2.32. The number of morpholine rings is 1. The zero-order valence-electron chi connectivity index (χ0n) is 15.8. The first-order chi connectivity index (χ1) is 12.4. The second-order valence-corrected chi connectivity index (χ2v) is 8.33. The van der Waals surface area contributed by atoms with Crippen LogP contribution in [0.25, 0.3) is 0 Å². The van der Waals surface area contributed by atoms with E-state index < -0.39 is 0 Å². The van der Waals surface area contributed by atoms with E-state index in [2.05, 4.69) is 41.5 Å². The number of nitrogens with zero attached hydrogens (tertiary/aromatic N) is 1. The fourth-order valence-corrected chi connectivity index (χ4v) is 3.98. The number of halogens is 1. The molecule has 2 aliphatic rings. The molecular weight excluding hydrogens is 350 g/mol. The lowest BCUT2D eigenvalue weighted by Crippen LogP contribution is -2.53. The van der Waals surface area contributed by atoms with Gasteiger partial charge < -0.3 is 15.4 Å². The third kappa shape index (κ3) is 5.19. The van der Waals surface area contributed by atoms with Gasteiger partial charge in [-0.05, 0) is 50.9 Å². The Morgan fingerprint density at radius 3 is 2.81 bits per heavy atom. The minimum atomic E-state index is -0.183. The molecule has 2 heterocycles. The van der Waals surface area contributed by atoms with Crippen molar-refractivity contribution in [3.05, 3.63) is 34.9 Å². The van der Waals surface area contributed by atoms with Crippen molar-refractivity contribution < 1.29 is 9.53 Å². The monoisotopic (exact) mass is 379 g/mol. The molecule has 1 unspecified atom stereocenters. The van der Waals surface area contributed by atoms with E-state index >= 15 is 0 Å². The Kier molecular flexibility index (Phi) is 6.56. The molecule has 6 heteroatoms. The Morgan fingerprint density at radius 2 is 2.15 bits per heavy atom. The summed E-state index contributed by atoms with van der Waals surface area (Å²) in [5, 5.41) is 7.22. The number of hydrogen-bond acceptors (Lipinski definition) is 4. The lowest BCUT2D eigenvalue weighted by Gasteiger charge is -2.42. The second-order valence-electron chi connectivity index (χ2n) is 7.89. The maximum Gasteiger partial charge on any atom is 0.237 e. The predicted octanol–water partition coefficient (Wildman–Crippen LogP) is 2.75. The maximum atomic E-state index is 12.6. The molecular formula is C20H30ClN3O2. The second kappa shape index (κ2) is 8.70. The van der Waals surface area contributed by atoms with E-state index in [1.165, 1.54) is 5.56 Å². The van der Waals surface area contributed by atoms with Gasteiger partial charge in [-0.3, -0.25) is 9.69 Å². The van der Waals surface area contributed by atoms with Crippen LogP contribution in [0.4, 0.5) is 0 Å². The minimum Gasteiger partial charge on any atom is -0.373 e. The highest BCUT2D eigenvalue weighted by atomic mass is 35.5. The molecule has 144 valence electrons. The van der Waals surface area contributed by atoms with Crippen LogP contribution in [0.1, 0.15) is 44.7 Å². The number of nitrogens with one attached hydrogen (secondary N) is 2. The Bertz CT molecular complexity index is 600. The van der Waals surface area contributed by atoms with E-state index in [4.69, 9.17) is 16.3 Å². The van der Waals surface area contributed by atoms with E-state index in [-0.39, 0.29) is 23.6 Å². The number of carbonyl (C=O) groups is 1. The third-order valence-corrected chi connectivity index (χ3v) is 5.50. The predicted molar refractivity (Wildman–Crippen MR) is 104 cm³/mol. The number of hydrogen-bond donors (Lipinski definition) is 2. The molecule has 0 aliphatic carbocycles. The van der Waals surface area contributed by atoms with E-state index in [0.717, 1.165) is 43.9 Å². The van der Waals surface area contributed by atoms with E-state index in [9.17, 15) is 4.79 Å². The summed E-state index contributed by atoms with van der Waals surface area (Å²) in [6.07, 6.45) is 3.19. The van der Waals surface area contributed by atoms with Crippen LogP contribution in [-0.2, 0) is 9.53 Å². The van der Waals surface area contributed by atoms with E-state index in [0.29, 0.717) is 13.2 Å². The summed E-state index contributed by atoms with van der Waals surface area (Å²) in [4.78, 5) is 15.0. The number of carbonyl (C=O) groups excluding carboxylic acids is 1. The van der Waals surface area contributed by atoms with Gasteiger partial charge in [-0.25, -0.2) is 0 Å². The largest absolute Gasteiger partial charge is 0.373 e. The minimum absolute atomic E-state index is 0.0595. The number of rotatable bonds is 5. The zero-order chi connectivity index (χ0) is 18.6. The average molecular weight is 380 g/mol. The standard InChI is InChI=1S/C20H30ClN3O2/c1-20(2)14-24(11-12-26-20)18(15-6-8-16(21)9-7-15)13-23-19(25)17-5-3-4-10-22-17/h6-9,17-18,22H,3-5,10-14H2,1-2H3,(H,23,25)/t17-,18?/m1/s1. The maximum absolute atomic E-state index is 12.6. The van der Waals surface area contributed by atoms with Gasteiger partial charge in [0, 0.05) is 24.7 Å². The lowest BCUT2D eigenvalue weighted by atomic mass is 10.00. The summed E-state index contributed by atoms with van der Waals surface area (Å²) in [7, 11) is 0. The fraction of sp³-hybridized carbons (Fsp3) is 0.650. The topological polar surface area (TPSA) is 53.6 Å². The average Bonchev–Trinajstić information content (AvgIpc) is 2.63. The van der Waals surface area contributed by atoms with Gasteiger partial charge in [-0.2, -0.15) is 0 Å². The number of ether oxygens (including phenoxy) is 1. The van der Waals surface area contributed by atoms with Crippen molar-refractivity contribution in [1.29, 1.82) is 0 Å². The summed E-state index contributed by atoms with van der Waals surface area (Å²) in [5.74, 6) is 0.108. The molecule has 2 atom stereocenters. The molecule has 1 aromatic carbocycles. The summed E-state index contributed by atoms with van der Waals surface area (Å²) in [6, 6.07) is 8.00. The van der Waals surface area contributed by atoms with E-state index in [1.807, 2.05) is 12.1 Å². The van der Waals surface area contributed by atoms with Gasteiger partial charge in [0.05, 0.1) is 24.3 Å². The molecule has 2 saturated heterocycles. The summed E-state index contributed by atoms with van der Waals surface area (Å²) < 4.78 is 5.86. The number of amides is 1. The van der Waals surface area contributed by atoms with Gasteiger partial charge in [0.25, 0.3) is 0 Å². The van der Waals surface area contributed by atoms with Crippen LogP contribution in [0.15, 0.2) is 24.3 Å². The van der Waals surface area contributed by atoms with Crippen molar-refractivity contribution in [3.8, 4) is 0 Å². The Labute approximate surface area is 161 Å². The molecule has 5 nitrogen and oxygen atoms in total. The van der Waals surface area contributed by atoms with Gasteiger partial charge in [-0.15, -0.1) is 0 Å².